The number of carbonyl (C=O) groups excluding carboxylic acids is 2. The first-order valence-corrected chi connectivity index (χ1v) is 17.7. The van der Waals surface area contributed by atoms with Gasteiger partial charge in [0.2, 0.25) is 0 Å². The van der Waals surface area contributed by atoms with E-state index in [0.717, 1.165) is 33.5 Å². The molecule has 7 nitrogen and oxygen atoms in total. The maximum Gasteiger partial charge on any atom is 0.333 e. The zero-order valence-electron chi connectivity index (χ0n) is 27.5. The van der Waals surface area contributed by atoms with Gasteiger partial charge in [-0.2, -0.15) is 0 Å². The highest BCUT2D eigenvalue weighted by atomic mass is 35.5. The Bertz CT molecular complexity index is 1860. The molecule has 0 aromatic heterocycles. The molecular formula is C40H38ClN2O5P. The summed E-state index contributed by atoms with van der Waals surface area (Å²) in [5.74, 6) is -0.331. The molecule has 5 aromatic carbocycles. The summed E-state index contributed by atoms with van der Waals surface area (Å²) in [6, 6.07) is 38.2. The number of aryl methyl sites for hydroxylation is 2. The third kappa shape index (κ3) is 8.82. The molecule has 0 fully saturated rings. The monoisotopic (exact) mass is 692 g/mol. The van der Waals surface area contributed by atoms with Crippen molar-refractivity contribution in [1.82, 2.24) is 0 Å². The van der Waals surface area contributed by atoms with Gasteiger partial charge in [-0.3, -0.25) is 9.59 Å². The number of hydrogen-bond acceptors (Lipinski definition) is 5. The molecule has 0 spiro atoms. The third-order valence-corrected chi connectivity index (χ3v) is 9.74. The molecule has 1 aliphatic heterocycles. The second kappa shape index (κ2) is 16.4. The first kappa shape index (κ1) is 34.5. The van der Waals surface area contributed by atoms with Gasteiger partial charge in [0.25, 0.3) is 11.8 Å². The van der Waals surface area contributed by atoms with E-state index in [1.54, 1.807) is 29.2 Å². The number of rotatable bonds is 11. The Labute approximate surface area is 293 Å². The van der Waals surface area contributed by atoms with Crippen LogP contribution in [0.2, 0.25) is 5.02 Å². The first-order chi connectivity index (χ1) is 23.9. The molecule has 5 aromatic rings. The van der Waals surface area contributed by atoms with Gasteiger partial charge < -0.3 is 23.8 Å². The van der Waals surface area contributed by atoms with Crippen molar-refractivity contribution in [3.8, 4) is 0 Å². The van der Waals surface area contributed by atoms with Crippen molar-refractivity contribution in [3.63, 3.8) is 0 Å². The summed E-state index contributed by atoms with van der Waals surface area (Å²) in [7, 11) is -1.77. The summed E-state index contributed by atoms with van der Waals surface area (Å²) < 4.78 is 19.1. The van der Waals surface area contributed by atoms with Crippen molar-refractivity contribution in [3.05, 3.63) is 165 Å². The van der Waals surface area contributed by atoms with Gasteiger partial charge in [-0.05, 0) is 91.4 Å². The van der Waals surface area contributed by atoms with Crippen LogP contribution in [-0.2, 0) is 26.8 Å². The number of amides is 2. The Morgan fingerprint density at radius 1 is 0.776 bits per heavy atom. The fourth-order valence-electron chi connectivity index (χ4n) is 5.82. The lowest BCUT2D eigenvalue weighted by molar-refractivity contribution is 0.0983. The predicted octanol–water partition coefficient (Wildman–Crippen LogP) is 10.4. The van der Waals surface area contributed by atoms with E-state index in [1.165, 1.54) is 0 Å². The largest absolute Gasteiger partial charge is 0.333 e. The fraction of sp³-hybridized carbons (Fsp3) is 0.200. The molecule has 1 aliphatic rings. The highest BCUT2D eigenvalue weighted by molar-refractivity contribution is 7.41. The molecule has 0 saturated heterocycles. The lowest BCUT2D eigenvalue weighted by atomic mass is 10.0. The van der Waals surface area contributed by atoms with Crippen LogP contribution in [0.25, 0.3) is 0 Å². The van der Waals surface area contributed by atoms with Crippen molar-refractivity contribution in [2.75, 3.05) is 16.8 Å². The molecule has 1 unspecified atom stereocenters. The van der Waals surface area contributed by atoms with Crippen LogP contribution in [-0.4, -0.2) is 18.4 Å². The van der Waals surface area contributed by atoms with E-state index < -0.39 is 14.7 Å². The second-order valence-corrected chi connectivity index (χ2v) is 13.5. The molecule has 1 N–H and O–H groups in total. The van der Waals surface area contributed by atoms with Gasteiger partial charge in [0, 0.05) is 39.6 Å². The highest BCUT2D eigenvalue weighted by Gasteiger charge is 2.31. The van der Waals surface area contributed by atoms with Crippen LogP contribution in [0, 0.1) is 13.8 Å². The molecule has 250 valence electrons. The molecule has 6 rings (SSSR count). The predicted molar refractivity (Wildman–Crippen MR) is 196 cm³/mol. The molecule has 1 atom stereocenters. The maximum atomic E-state index is 14.2. The Morgan fingerprint density at radius 3 is 2.08 bits per heavy atom. The van der Waals surface area contributed by atoms with Crippen molar-refractivity contribution in [2.45, 2.75) is 46.0 Å². The number of carbonyl (C=O) groups is 2. The van der Waals surface area contributed by atoms with Crippen molar-refractivity contribution in [2.24, 2.45) is 0 Å². The van der Waals surface area contributed by atoms with Gasteiger partial charge in [0.1, 0.15) is 0 Å². The number of benzene rings is 5. The fourth-order valence-corrected chi connectivity index (χ4v) is 7.13. The summed E-state index contributed by atoms with van der Waals surface area (Å²) in [5.41, 5.74) is 6.99. The minimum Gasteiger partial charge on any atom is -0.322 e. The summed E-state index contributed by atoms with van der Waals surface area (Å²) >= 11 is 6.55. The third-order valence-electron chi connectivity index (χ3n) is 8.40. The van der Waals surface area contributed by atoms with Crippen molar-refractivity contribution >= 4 is 43.4 Å². The van der Waals surface area contributed by atoms with Crippen LogP contribution >= 0.6 is 20.2 Å². The zero-order valence-corrected chi connectivity index (χ0v) is 29.1. The Morgan fingerprint density at radius 2 is 1.43 bits per heavy atom. The second-order valence-electron chi connectivity index (χ2n) is 11.9. The lowest BCUT2D eigenvalue weighted by Crippen LogP contribution is -2.32. The SMILES string of the molecule is Cc1ccccc1C(=O)Nc1ccc(C(=O)N2CCCC(OP(OCc3ccccc3)OCc3ccccc3)c3cc(Cl)ccc32)c(C)c1. The van der Waals surface area contributed by atoms with E-state index in [1.807, 2.05) is 111 Å². The zero-order chi connectivity index (χ0) is 34.2. The Kier molecular flexibility index (Phi) is 11.5. The molecule has 0 aliphatic carbocycles. The number of fused-ring (bicyclic) bond motifs is 1. The van der Waals surface area contributed by atoms with Gasteiger partial charge in [0.05, 0.1) is 19.3 Å². The summed E-state index contributed by atoms with van der Waals surface area (Å²) in [4.78, 5) is 28.9. The van der Waals surface area contributed by atoms with Gasteiger partial charge in [0.15, 0.2) is 0 Å². The molecule has 0 radical (unpaired) electrons. The smallest absolute Gasteiger partial charge is 0.322 e. The Hall–Kier alpha value is -4.36. The van der Waals surface area contributed by atoms with Crippen molar-refractivity contribution in [1.29, 1.82) is 0 Å². The van der Waals surface area contributed by atoms with E-state index in [4.69, 9.17) is 25.2 Å². The standard InChI is InChI=1S/C40H38ClN2O5P/c1-28-12-9-10-17-34(28)39(44)42-33-20-21-35(29(2)24-33)40(45)43-23-11-18-38(36-25-32(41)19-22-37(36)43)48-49(46-26-30-13-5-3-6-14-30)47-27-31-15-7-4-8-16-31/h3-10,12-17,19-22,24-25,38H,11,18,23,26-27H2,1-2H3,(H,42,44). The van der Waals surface area contributed by atoms with E-state index in [9.17, 15) is 9.59 Å². The van der Waals surface area contributed by atoms with E-state index in [-0.39, 0.29) is 11.8 Å². The van der Waals surface area contributed by atoms with Crippen LogP contribution < -0.4 is 10.2 Å². The molecular weight excluding hydrogens is 655 g/mol. The maximum absolute atomic E-state index is 14.2. The minimum absolute atomic E-state index is 0.138. The summed E-state index contributed by atoms with van der Waals surface area (Å²) in [5, 5.41) is 3.51. The Balaban J connectivity index is 1.22. The van der Waals surface area contributed by atoms with E-state index in [2.05, 4.69) is 5.32 Å². The molecule has 2 amide bonds. The average Bonchev–Trinajstić information content (AvgIpc) is 3.29. The number of anilines is 2. The average molecular weight is 693 g/mol. The number of nitrogens with zero attached hydrogens (tertiary/aromatic N) is 1. The normalized spacial score (nSPS) is 14.3. The van der Waals surface area contributed by atoms with Gasteiger partial charge >= 0.3 is 8.60 Å². The van der Waals surface area contributed by atoms with Gasteiger partial charge in [-0.25, -0.2) is 0 Å². The summed E-state index contributed by atoms with van der Waals surface area (Å²) in [6.45, 7) is 4.95. The molecule has 49 heavy (non-hydrogen) atoms. The van der Waals surface area contributed by atoms with Crippen molar-refractivity contribution < 1.29 is 23.2 Å². The van der Waals surface area contributed by atoms with Crippen LogP contribution in [0.3, 0.4) is 0 Å². The summed E-state index contributed by atoms with van der Waals surface area (Å²) in [6.07, 6.45) is 0.916. The van der Waals surface area contributed by atoms with Gasteiger partial charge in [-0.1, -0.05) is 90.5 Å². The topological polar surface area (TPSA) is 77.1 Å². The molecule has 0 bridgehead atoms. The first-order valence-electron chi connectivity index (χ1n) is 16.3. The molecule has 1 heterocycles. The van der Waals surface area contributed by atoms with Crippen LogP contribution in [0.4, 0.5) is 11.4 Å². The number of halogens is 1. The van der Waals surface area contributed by atoms with Gasteiger partial charge in [-0.15, -0.1) is 0 Å². The molecule has 0 saturated carbocycles. The lowest BCUT2D eigenvalue weighted by Gasteiger charge is -2.26. The highest BCUT2D eigenvalue weighted by Crippen LogP contribution is 2.50. The van der Waals surface area contributed by atoms with Crippen LogP contribution in [0.1, 0.15) is 67.5 Å². The minimum atomic E-state index is -1.77. The van der Waals surface area contributed by atoms with E-state index >= 15 is 0 Å². The molecule has 9 heteroatoms. The van der Waals surface area contributed by atoms with Crippen LogP contribution in [0.5, 0.6) is 0 Å². The number of nitrogens with one attached hydrogen (secondary N) is 1. The van der Waals surface area contributed by atoms with Crippen LogP contribution in [0.15, 0.2) is 121 Å². The number of hydrogen-bond donors (Lipinski definition) is 1. The quantitative estimate of drug-likeness (QED) is 0.139. The van der Waals surface area contributed by atoms with E-state index in [0.29, 0.717) is 54.4 Å².